The lowest BCUT2D eigenvalue weighted by Crippen LogP contribution is -2.30. The largest absolute Gasteiger partial charge is 0.497 e. The van der Waals surface area contributed by atoms with Crippen LogP contribution in [0, 0.1) is 0 Å². The Kier molecular flexibility index (Phi) is 7.50. The Balaban J connectivity index is 1.57. The molecular formula is C27H24N2O7. The molecule has 36 heavy (non-hydrogen) atoms. The summed E-state index contributed by atoms with van der Waals surface area (Å²) in [7, 11) is 1.53. The Morgan fingerprint density at radius 2 is 1.61 bits per heavy atom. The average molecular weight is 488 g/mol. The molecule has 184 valence electrons. The highest BCUT2D eigenvalue weighted by atomic mass is 16.7. The molecular weight excluding hydrogens is 464 g/mol. The number of benzene rings is 3. The van der Waals surface area contributed by atoms with E-state index < -0.39 is 17.8 Å². The molecule has 0 fully saturated rings. The van der Waals surface area contributed by atoms with Crippen molar-refractivity contribution in [1.82, 2.24) is 5.32 Å². The molecule has 0 aliphatic carbocycles. The predicted molar refractivity (Wildman–Crippen MR) is 132 cm³/mol. The van der Waals surface area contributed by atoms with E-state index in [-0.39, 0.29) is 19.1 Å². The van der Waals surface area contributed by atoms with Crippen LogP contribution < -0.4 is 24.8 Å². The van der Waals surface area contributed by atoms with Gasteiger partial charge in [0.1, 0.15) is 11.4 Å². The first-order chi connectivity index (χ1) is 17.5. The van der Waals surface area contributed by atoms with Gasteiger partial charge in [-0.1, -0.05) is 6.07 Å². The molecule has 0 bridgehead atoms. The summed E-state index contributed by atoms with van der Waals surface area (Å²) in [6, 6.07) is 17.9. The fourth-order valence-electron chi connectivity index (χ4n) is 3.37. The first-order valence-corrected chi connectivity index (χ1v) is 11.1. The summed E-state index contributed by atoms with van der Waals surface area (Å²) in [5.41, 5.74) is 1.77. The molecule has 1 aliphatic rings. The molecule has 0 aromatic heterocycles. The zero-order valence-corrected chi connectivity index (χ0v) is 19.7. The smallest absolute Gasteiger partial charge is 0.338 e. The van der Waals surface area contributed by atoms with Gasteiger partial charge >= 0.3 is 5.97 Å². The predicted octanol–water partition coefficient (Wildman–Crippen LogP) is 4.01. The third-order valence-electron chi connectivity index (χ3n) is 5.21. The van der Waals surface area contributed by atoms with Crippen LogP contribution in [-0.2, 0) is 9.53 Å². The fourth-order valence-corrected chi connectivity index (χ4v) is 3.37. The molecule has 0 saturated heterocycles. The normalized spacial score (nSPS) is 12.0. The highest BCUT2D eigenvalue weighted by molar-refractivity contribution is 6.10. The standard InChI is InChI=1S/C27H24N2O7/c1-3-34-27(32)19-5-9-20(10-6-19)28-26(31)22(14-17-4-13-23-24(15-17)36-16-35-23)29-25(30)18-7-11-21(33-2)12-8-18/h4-15H,3,16H2,1-2H3,(H,28,31)(H,29,30). The maximum atomic E-state index is 13.2. The number of carbonyl (C=O) groups is 3. The molecule has 3 aromatic carbocycles. The molecule has 2 amide bonds. The number of rotatable bonds is 8. The summed E-state index contributed by atoms with van der Waals surface area (Å²) in [5.74, 6) is 0.259. The van der Waals surface area contributed by atoms with Gasteiger partial charge in [-0.05, 0) is 79.2 Å². The summed E-state index contributed by atoms with van der Waals surface area (Å²) in [6.07, 6.45) is 1.53. The SMILES string of the molecule is CCOC(=O)c1ccc(NC(=O)C(=Cc2ccc3c(c2)OCO3)NC(=O)c2ccc(OC)cc2)cc1. The van der Waals surface area contributed by atoms with Gasteiger partial charge in [0.2, 0.25) is 6.79 Å². The third kappa shape index (κ3) is 5.82. The molecule has 0 atom stereocenters. The number of carbonyl (C=O) groups excluding carboxylic acids is 3. The lowest BCUT2D eigenvalue weighted by atomic mass is 10.1. The second-order valence-electron chi connectivity index (χ2n) is 7.61. The number of hydrogen-bond donors (Lipinski definition) is 2. The minimum Gasteiger partial charge on any atom is -0.497 e. The monoisotopic (exact) mass is 488 g/mol. The van der Waals surface area contributed by atoms with Gasteiger partial charge in [0.15, 0.2) is 11.5 Å². The van der Waals surface area contributed by atoms with Gasteiger partial charge in [0.05, 0.1) is 19.3 Å². The van der Waals surface area contributed by atoms with Crippen molar-refractivity contribution in [2.24, 2.45) is 0 Å². The maximum Gasteiger partial charge on any atom is 0.338 e. The van der Waals surface area contributed by atoms with Crippen molar-refractivity contribution in [1.29, 1.82) is 0 Å². The molecule has 1 aliphatic heterocycles. The van der Waals surface area contributed by atoms with Gasteiger partial charge in [-0.3, -0.25) is 9.59 Å². The zero-order valence-electron chi connectivity index (χ0n) is 19.7. The number of nitrogens with one attached hydrogen (secondary N) is 2. The van der Waals surface area contributed by atoms with Crippen LogP contribution in [0.1, 0.15) is 33.2 Å². The Hall–Kier alpha value is -4.79. The average Bonchev–Trinajstić information content (AvgIpc) is 3.37. The van der Waals surface area contributed by atoms with Crippen molar-refractivity contribution in [3.05, 3.63) is 89.1 Å². The number of fused-ring (bicyclic) bond motifs is 1. The van der Waals surface area contributed by atoms with Crippen LogP contribution in [0.15, 0.2) is 72.4 Å². The quantitative estimate of drug-likeness (QED) is 0.364. The van der Waals surface area contributed by atoms with Crippen molar-refractivity contribution >= 4 is 29.5 Å². The molecule has 0 radical (unpaired) electrons. The van der Waals surface area contributed by atoms with Crippen LogP contribution in [-0.4, -0.2) is 38.3 Å². The van der Waals surface area contributed by atoms with Crippen LogP contribution in [0.3, 0.4) is 0 Å². The molecule has 2 N–H and O–H groups in total. The van der Waals surface area contributed by atoms with Crippen molar-refractivity contribution in [2.45, 2.75) is 6.92 Å². The van der Waals surface area contributed by atoms with Gasteiger partial charge in [-0.25, -0.2) is 4.79 Å². The zero-order chi connectivity index (χ0) is 25.5. The Morgan fingerprint density at radius 1 is 0.917 bits per heavy atom. The van der Waals surface area contributed by atoms with Gasteiger partial charge in [0, 0.05) is 11.3 Å². The van der Waals surface area contributed by atoms with E-state index >= 15 is 0 Å². The first kappa shape index (κ1) is 24.3. The number of esters is 1. The molecule has 3 aromatic rings. The number of anilines is 1. The Labute approximate surface area is 207 Å². The van der Waals surface area contributed by atoms with Crippen LogP contribution in [0.25, 0.3) is 6.08 Å². The Morgan fingerprint density at radius 3 is 2.31 bits per heavy atom. The van der Waals surface area contributed by atoms with Crippen LogP contribution >= 0.6 is 0 Å². The fraction of sp³-hybridized carbons (Fsp3) is 0.148. The second-order valence-corrected chi connectivity index (χ2v) is 7.61. The van der Waals surface area contributed by atoms with E-state index in [0.717, 1.165) is 0 Å². The summed E-state index contributed by atoms with van der Waals surface area (Å²) < 4.78 is 20.8. The molecule has 9 nitrogen and oxygen atoms in total. The van der Waals surface area contributed by atoms with E-state index in [1.54, 1.807) is 73.7 Å². The molecule has 1 heterocycles. The van der Waals surface area contributed by atoms with Crippen LogP contribution in [0.2, 0.25) is 0 Å². The molecule has 4 rings (SSSR count). The van der Waals surface area contributed by atoms with Gasteiger partial charge in [0.25, 0.3) is 11.8 Å². The van der Waals surface area contributed by atoms with E-state index in [1.165, 1.54) is 13.2 Å². The summed E-state index contributed by atoms with van der Waals surface area (Å²) >= 11 is 0. The minimum absolute atomic E-state index is 0.00384. The molecule has 0 saturated carbocycles. The number of hydrogen-bond acceptors (Lipinski definition) is 7. The van der Waals surface area contributed by atoms with Gasteiger partial charge in [-0.2, -0.15) is 0 Å². The van der Waals surface area contributed by atoms with Gasteiger partial charge < -0.3 is 29.6 Å². The maximum absolute atomic E-state index is 13.2. The summed E-state index contributed by atoms with van der Waals surface area (Å²) in [5, 5.41) is 5.41. The highest BCUT2D eigenvalue weighted by Crippen LogP contribution is 2.33. The summed E-state index contributed by atoms with van der Waals surface area (Å²) in [4.78, 5) is 38.0. The van der Waals surface area contributed by atoms with E-state index in [4.69, 9.17) is 18.9 Å². The number of ether oxygens (including phenoxy) is 4. The van der Waals surface area contributed by atoms with E-state index in [0.29, 0.717) is 39.6 Å². The van der Waals surface area contributed by atoms with E-state index in [2.05, 4.69) is 10.6 Å². The molecule has 9 heteroatoms. The van der Waals surface area contributed by atoms with Crippen molar-refractivity contribution < 1.29 is 33.3 Å². The first-order valence-electron chi connectivity index (χ1n) is 11.1. The van der Waals surface area contributed by atoms with Crippen LogP contribution in [0.5, 0.6) is 17.2 Å². The molecule has 0 unspecified atom stereocenters. The highest BCUT2D eigenvalue weighted by Gasteiger charge is 2.18. The van der Waals surface area contributed by atoms with Crippen molar-refractivity contribution in [2.75, 3.05) is 25.8 Å². The second kappa shape index (κ2) is 11.1. The summed E-state index contributed by atoms with van der Waals surface area (Å²) in [6.45, 7) is 2.10. The third-order valence-corrected chi connectivity index (χ3v) is 5.21. The van der Waals surface area contributed by atoms with Gasteiger partial charge in [-0.15, -0.1) is 0 Å². The lowest BCUT2D eigenvalue weighted by Gasteiger charge is -2.12. The Bertz CT molecular complexity index is 1300. The van der Waals surface area contributed by atoms with Crippen molar-refractivity contribution in [3.8, 4) is 17.2 Å². The number of amides is 2. The van der Waals surface area contributed by atoms with E-state index in [1.807, 2.05) is 0 Å². The lowest BCUT2D eigenvalue weighted by molar-refractivity contribution is -0.113. The van der Waals surface area contributed by atoms with Crippen molar-refractivity contribution in [3.63, 3.8) is 0 Å². The minimum atomic E-state index is -0.557. The number of methoxy groups -OCH3 is 1. The topological polar surface area (TPSA) is 112 Å². The van der Waals surface area contributed by atoms with E-state index in [9.17, 15) is 14.4 Å². The molecule has 0 spiro atoms. The van der Waals surface area contributed by atoms with Crippen LogP contribution in [0.4, 0.5) is 5.69 Å².